The fourth-order valence-corrected chi connectivity index (χ4v) is 3.00. The number of benzene rings is 1. The monoisotopic (exact) mass is 338 g/mol. The predicted octanol–water partition coefficient (Wildman–Crippen LogP) is 3.36. The molecule has 0 aliphatic carbocycles. The van der Waals surface area contributed by atoms with Crippen LogP contribution in [0.1, 0.15) is 41.6 Å². The van der Waals surface area contributed by atoms with Gasteiger partial charge >= 0.3 is 0 Å². The average Bonchev–Trinajstić information content (AvgIpc) is 2.47. The van der Waals surface area contributed by atoms with E-state index >= 15 is 0 Å². The molecule has 110 valence electrons. The Kier molecular flexibility index (Phi) is 6.05. The molecule has 1 N–H and O–H groups in total. The molecule has 1 saturated heterocycles. The van der Waals surface area contributed by atoms with Crippen LogP contribution in [-0.4, -0.2) is 37.0 Å². The second-order valence-corrected chi connectivity index (χ2v) is 6.28. The van der Waals surface area contributed by atoms with Crippen molar-refractivity contribution in [2.24, 2.45) is 0 Å². The van der Waals surface area contributed by atoms with Crippen molar-refractivity contribution in [3.63, 3.8) is 0 Å². The first-order valence-electron chi connectivity index (χ1n) is 7.44. The summed E-state index contributed by atoms with van der Waals surface area (Å²) >= 11 is 3.46. The molecule has 0 spiro atoms. The van der Waals surface area contributed by atoms with Crippen molar-refractivity contribution in [1.29, 1.82) is 0 Å². The molecule has 1 heterocycles. The lowest BCUT2D eigenvalue weighted by Gasteiger charge is -2.26. The lowest BCUT2D eigenvalue weighted by Crippen LogP contribution is -2.33. The van der Waals surface area contributed by atoms with E-state index < -0.39 is 0 Å². The van der Waals surface area contributed by atoms with Gasteiger partial charge in [0.05, 0.1) is 0 Å². The number of piperidine rings is 1. The van der Waals surface area contributed by atoms with E-state index in [0.717, 1.165) is 35.1 Å². The van der Waals surface area contributed by atoms with Crippen molar-refractivity contribution < 1.29 is 4.79 Å². The summed E-state index contributed by atoms with van der Waals surface area (Å²) in [5, 5.41) is 3.02. The second-order valence-electron chi connectivity index (χ2n) is 5.42. The van der Waals surface area contributed by atoms with Crippen LogP contribution >= 0.6 is 15.9 Å². The second kappa shape index (κ2) is 7.79. The normalized spacial score (nSPS) is 16.1. The molecule has 0 bridgehead atoms. The van der Waals surface area contributed by atoms with Crippen molar-refractivity contribution in [2.75, 3.05) is 26.2 Å². The Bertz CT molecular complexity index is 456. The molecular weight excluding hydrogens is 316 g/mol. The standard InChI is InChI=1S/C16H23BrN2O/c1-13-14(7-5-8-15(13)17)16(20)18-9-6-12-19-10-3-2-4-11-19/h5,7-8H,2-4,6,9-12H2,1H3,(H,18,20). The summed E-state index contributed by atoms with van der Waals surface area (Å²) in [7, 11) is 0. The maximum absolute atomic E-state index is 12.1. The quantitative estimate of drug-likeness (QED) is 0.835. The van der Waals surface area contributed by atoms with Crippen LogP contribution in [0.4, 0.5) is 0 Å². The molecule has 20 heavy (non-hydrogen) atoms. The minimum atomic E-state index is 0.0300. The largest absolute Gasteiger partial charge is 0.352 e. The fraction of sp³-hybridized carbons (Fsp3) is 0.562. The van der Waals surface area contributed by atoms with Crippen LogP contribution in [0.15, 0.2) is 22.7 Å². The van der Waals surface area contributed by atoms with Gasteiger partial charge in [0.15, 0.2) is 0 Å². The number of nitrogens with one attached hydrogen (secondary N) is 1. The summed E-state index contributed by atoms with van der Waals surface area (Å²) in [6.07, 6.45) is 5.04. The summed E-state index contributed by atoms with van der Waals surface area (Å²) in [4.78, 5) is 14.6. The highest BCUT2D eigenvalue weighted by atomic mass is 79.9. The minimum absolute atomic E-state index is 0.0300. The van der Waals surface area contributed by atoms with Gasteiger partial charge in [-0.3, -0.25) is 4.79 Å². The Morgan fingerprint density at radius 2 is 2.05 bits per heavy atom. The maximum atomic E-state index is 12.1. The van der Waals surface area contributed by atoms with Gasteiger partial charge in [0.1, 0.15) is 0 Å². The number of amides is 1. The van der Waals surface area contributed by atoms with E-state index in [4.69, 9.17) is 0 Å². The number of nitrogens with zero attached hydrogens (tertiary/aromatic N) is 1. The highest BCUT2D eigenvalue weighted by Gasteiger charge is 2.11. The van der Waals surface area contributed by atoms with Crippen LogP contribution in [0.2, 0.25) is 0 Å². The van der Waals surface area contributed by atoms with Gasteiger partial charge in [-0.15, -0.1) is 0 Å². The molecule has 1 aromatic rings. The number of carbonyl (C=O) groups excluding carboxylic acids is 1. The molecular formula is C16H23BrN2O. The number of carbonyl (C=O) groups is 1. The molecule has 1 aliphatic heterocycles. The molecule has 1 amide bonds. The average molecular weight is 339 g/mol. The van der Waals surface area contributed by atoms with Crippen molar-refractivity contribution >= 4 is 21.8 Å². The third-order valence-electron chi connectivity index (χ3n) is 3.90. The van der Waals surface area contributed by atoms with E-state index in [1.54, 1.807) is 0 Å². The van der Waals surface area contributed by atoms with Crippen LogP contribution in [0.3, 0.4) is 0 Å². The van der Waals surface area contributed by atoms with Gasteiger partial charge in [-0.1, -0.05) is 28.4 Å². The highest BCUT2D eigenvalue weighted by molar-refractivity contribution is 9.10. The van der Waals surface area contributed by atoms with Gasteiger partial charge in [-0.2, -0.15) is 0 Å². The van der Waals surface area contributed by atoms with Crippen molar-refractivity contribution in [3.05, 3.63) is 33.8 Å². The Morgan fingerprint density at radius 1 is 1.30 bits per heavy atom. The molecule has 0 atom stereocenters. The first kappa shape index (κ1) is 15.5. The number of likely N-dealkylation sites (tertiary alicyclic amines) is 1. The van der Waals surface area contributed by atoms with E-state index in [9.17, 15) is 4.79 Å². The van der Waals surface area contributed by atoms with Crippen molar-refractivity contribution in [2.45, 2.75) is 32.6 Å². The van der Waals surface area contributed by atoms with Crippen LogP contribution in [-0.2, 0) is 0 Å². The van der Waals surface area contributed by atoms with Crippen LogP contribution in [0.5, 0.6) is 0 Å². The number of halogens is 1. The molecule has 3 nitrogen and oxygen atoms in total. The zero-order chi connectivity index (χ0) is 14.4. The summed E-state index contributed by atoms with van der Waals surface area (Å²) in [6.45, 7) is 6.25. The highest BCUT2D eigenvalue weighted by Crippen LogP contribution is 2.19. The SMILES string of the molecule is Cc1c(Br)cccc1C(=O)NCCCN1CCCCC1. The summed E-state index contributed by atoms with van der Waals surface area (Å²) < 4.78 is 0.985. The third-order valence-corrected chi connectivity index (χ3v) is 4.76. The van der Waals surface area contributed by atoms with Gasteiger partial charge in [-0.25, -0.2) is 0 Å². The van der Waals surface area contributed by atoms with Crippen LogP contribution in [0.25, 0.3) is 0 Å². The Balaban J connectivity index is 1.73. The first-order chi connectivity index (χ1) is 9.68. The first-order valence-corrected chi connectivity index (χ1v) is 8.23. The Labute approximate surface area is 129 Å². The molecule has 4 heteroatoms. The lowest BCUT2D eigenvalue weighted by atomic mass is 10.1. The Morgan fingerprint density at radius 3 is 2.80 bits per heavy atom. The molecule has 1 fully saturated rings. The molecule has 0 aromatic heterocycles. The maximum Gasteiger partial charge on any atom is 0.251 e. The van der Waals surface area contributed by atoms with E-state index in [0.29, 0.717) is 0 Å². The fourth-order valence-electron chi connectivity index (χ4n) is 2.64. The zero-order valence-electron chi connectivity index (χ0n) is 12.1. The molecule has 0 radical (unpaired) electrons. The zero-order valence-corrected chi connectivity index (χ0v) is 13.7. The van der Waals surface area contributed by atoms with E-state index in [-0.39, 0.29) is 5.91 Å². The van der Waals surface area contributed by atoms with Crippen LogP contribution in [0, 0.1) is 6.92 Å². The van der Waals surface area contributed by atoms with Gasteiger partial charge in [0.2, 0.25) is 0 Å². The summed E-state index contributed by atoms with van der Waals surface area (Å²) in [5.41, 5.74) is 1.76. The number of hydrogen-bond acceptors (Lipinski definition) is 2. The topological polar surface area (TPSA) is 32.3 Å². The van der Waals surface area contributed by atoms with E-state index in [1.807, 2.05) is 25.1 Å². The molecule has 1 aromatic carbocycles. The van der Waals surface area contributed by atoms with Crippen LogP contribution < -0.4 is 5.32 Å². The third kappa shape index (κ3) is 4.32. The van der Waals surface area contributed by atoms with Gasteiger partial charge in [-0.05, 0) is 63.5 Å². The van der Waals surface area contributed by atoms with E-state index in [2.05, 4.69) is 26.1 Å². The lowest BCUT2D eigenvalue weighted by molar-refractivity contribution is 0.0950. The van der Waals surface area contributed by atoms with Crippen molar-refractivity contribution in [1.82, 2.24) is 10.2 Å². The minimum Gasteiger partial charge on any atom is -0.352 e. The summed E-state index contributed by atoms with van der Waals surface area (Å²) in [5.74, 6) is 0.0300. The van der Waals surface area contributed by atoms with Gasteiger partial charge < -0.3 is 10.2 Å². The van der Waals surface area contributed by atoms with Gasteiger partial charge in [0.25, 0.3) is 5.91 Å². The Hall–Kier alpha value is -0.870. The number of hydrogen-bond donors (Lipinski definition) is 1. The predicted molar refractivity (Wildman–Crippen MR) is 86.1 cm³/mol. The molecule has 1 aliphatic rings. The molecule has 0 unspecified atom stereocenters. The van der Waals surface area contributed by atoms with Crippen molar-refractivity contribution in [3.8, 4) is 0 Å². The van der Waals surface area contributed by atoms with Gasteiger partial charge in [0, 0.05) is 16.6 Å². The summed E-state index contributed by atoms with van der Waals surface area (Å²) in [6, 6.07) is 5.74. The van der Waals surface area contributed by atoms with E-state index in [1.165, 1.54) is 32.4 Å². The molecule has 0 saturated carbocycles. The molecule has 2 rings (SSSR count). The smallest absolute Gasteiger partial charge is 0.251 e. The number of rotatable bonds is 5.